The van der Waals surface area contributed by atoms with Gasteiger partial charge in [0.1, 0.15) is 0 Å². The van der Waals surface area contributed by atoms with Crippen LogP contribution in [0.15, 0.2) is 12.1 Å². The molecule has 0 aliphatic carbocycles. The van der Waals surface area contributed by atoms with Gasteiger partial charge in [0.2, 0.25) is 11.8 Å². The van der Waals surface area contributed by atoms with Gasteiger partial charge in [0.25, 0.3) is 0 Å². The van der Waals surface area contributed by atoms with Crippen molar-refractivity contribution in [2.24, 2.45) is 0 Å². The molecule has 1 rings (SSSR count). The van der Waals surface area contributed by atoms with E-state index < -0.39 is 6.04 Å². The highest BCUT2D eigenvalue weighted by molar-refractivity contribution is 5.87. The maximum absolute atomic E-state index is 11.5. The van der Waals surface area contributed by atoms with E-state index >= 15 is 0 Å². The number of carbonyl (C=O) groups excluding carboxylic acids is 2. The molecule has 0 aliphatic heterocycles. The summed E-state index contributed by atoms with van der Waals surface area (Å²) in [5.74, 6) is -0.621. The van der Waals surface area contributed by atoms with Crippen LogP contribution in [0.4, 0.5) is 0 Å². The minimum atomic E-state index is -0.796. The molecule has 0 saturated carbocycles. The van der Waals surface area contributed by atoms with Crippen LogP contribution in [-0.4, -0.2) is 29.1 Å². The summed E-state index contributed by atoms with van der Waals surface area (Å²) in [6.45, 7) is 7.14. The van der Waals surface area contributed by atoms with E-state index in [0.717, 1.165) is 5.69 Å². The monoisotopic (exact) mass is 252 g/mol. The van der Waals surface area contributed by atoms with Gasteiger partial charge in [-0.25, -0.2) is 0 Å². The second kappa shape index (κ2) is 8.16. The fourth-order valence-corrected chi connectivity index (χ4v) is 1.18. The summed E-state index contributed by atoms with van der Waals surface area (Å²) in [5.41, 5.74) is 1.17. The Morgan fingerprint density at radius 2 is 1.83 bits per heavy atom. The van der Waals surface area contributed by atoms with Gasteiger partial charge in [0.15, 0.2) is 6.04 Å². The van der Waals surface area contributed by atoms with Gasteiger partial charge in [-0.15, -0.1) is 0 Å². The number of carbonyl (C=O) groups is 2. The van der Waals surface area contributed by atoms with E-state index in [2.05, 4.69) is 20.8 Å². The molecule has 1 heterocycles. The fraction of sp³-hybridized carbons (Fsp3) is 0.500. The van der Waals surface area contributed by atoms with Crippen LogP contribution >= 0.6 is 0 Å². The number of hydrogen-bond acceptors (Lipinski definition) is 4. The molecule has 18 heavy (non-hydrogen) atoms. The third-order valence-electron chi connectivity index (χ3n) is 1.97. The lowest BCUT2D eigenvalue weighted by Gasteiger charge is -2.14. The molecule has 1 aromatic rings. The Kier molecular flexibility index (Phi) is 7.26. The first-order valence-electron chi connectivity index (χ1n) is 5.83. The zero-order chi connectivity index (χ0) is 14.1. The number of likely N-dealkylation sites (N-methyl/N-ethyl adjacent to an activating group) is 1. The topological polar surface area (TPSA) is 84.0 Å². The highest BCUT2D eigenvalue weighted by Gasteiger charge is 2.21. The fourth-order valence-electron chi connectivity index (χ4n) is 1.18. The Hall–Kier alpha value is -1.98. The summed E-state index contributed by atoms with van der Waals surface area (Å²) in [7, 11) is 1.50. The SMILES string of the molecule is CC.CNC(=O)C(NC(C)=O)c1ccc(C)nn1. The van der Waals surface area contributed by atoms with Gasteiger partial charge in [0.05, 0.1) is 11.4 Å². The number of amides is 2. The molecule has 1 atom stereocenters. The summed E-state index contributed by atoms with van der Waals surface area (Å²) in [6, 6.07) is 2.61. The molecule has 1 unspecified atom stereocenters. The summed E-state index contributed by atoms with van der Waals surface area (Å²) < 4.78 is 0. The second-order valence-corrected chi connectivity index (χ2v) is 3.35. The third kappa shape index (κ3) is 4.90. The predicted octanol–water partition coefficient (Wildman–Crippen LogP) is 0.734. The molecular weight excluding hydrogens is 232 g/mol. The van der Waals surface area contributed by atoms with Crippen molar-refractivity contribution in [2.45, 2.75) is 33.7 Å². The lowest BCUT2D eigenvalue weighted by Crippen LogP contribution is -2.38. The van der Waals surface area contributed by atoms with Gasteiger partial charge >= 0.3 is 0 Å². The van der Waals surface area contributed by atoms with Crippen molar-refractivity contribution < 1.29 is 9.59 Å². The van der Waals surface area contributed by atoms with E-state index in [0.29, 0.717) is 5.69 Å². The van der Waals surface area contributed by atoms with E-state index in [4.69, 9.17) is 0 Å². The maximum Gasteiger partial charge on any atom is 0.248 e. The Balaban J connectivity index is 0.00000137. The summed E-state index contributed by atoms with van der Waals surface area (Å²) >= 11 is 0. The van der Waals surface area contributed by atoms with E-state index in [1.54, 1.807) is 19.1 Å². The number of nitrogens with zero attached hydrogens (tertiary/aromatic N) is 2. The molecule has 6 heteroatoms. The molecule has 0 fully saturated rings. The van der Waals surface area contributed by atoms with Gasteiger partial charge in [0, 0.05) is 14.0 Å². The van der Waals surface area contributed by atoms with E-state index in [1.165, 1.54) is 14.0 Å². The van der Waals surface area contributed by atoms with Crippen LogP contribution in [0.2, 0.25) is 0 Å². The number of aromatic nitrogens is 2. The largest absolute Gasteiger partial charge is 0.357 e. The molecule has 0 bridgehead atoms. The molecule has 1 aromatic heterocycles. The maximum atomic E-state index is 11.5. The highest BCUT2D eigenvalue weighted by atomic mass is 16.2. The summed E-state index contributed by atoms with van der Waals surface area (Å²) in [4.78, 5) is 22.5. The van der Waals surface area contributed by atoms with Crippen LogP contribution in [0.25, 0.3) is 0 Å². The first-order valence-corrected chi connectivity index (χ1v) is 5.83. The Morgan fingerprint density at radius 3 is 2.22 bits per heavy atom. The summed E-state index contributed by atoms with van der Waals surface area (Å²) in [5, 5.41) is 12.7. The van der Waals surface area contributed by atoms with Crippen LogP contribution in [0.3, 0.4) is 0 Å². The van der Waals surface area contributed by atoms with Crippen molar-refractivity contribution in [2.75, 3.05) is 7.05 Å². The number of rotatable bonds is 3. The van der Waals surface area contributed by atoms with Crippen molar-refractivity contribution >= 4 is 11.8 Å². The van der Waals surface area contributed by atoms with Crippen molar-refractivity contribution in [3.05, 3.63) is 23.5 Å². The molecule has 100 valence electrons. The lowest BCUT2D eigenvalue weighted by molar-refractivity contribution is -0.128. The van der Waals surface area contributed by atoms with Crippen LogP contribution in [0.5, 0.6) is 0 Å². The van der Waals surface area contributed by atoms with Crippen LogP contribution < -0.4 is 10.6 Å². The average molecular weight is 252 g/mol. The quantitative estimate of drug-likeness (QED) is 0.830. The van der Waals surface area contributed by atoms with Crippen molar-refractivity contribution in [3.63, 3.8) is 0 Å². The van der Waals surface area contributed by atoms with Crippen molar-refractivity contribution in [1.29, 1.82) is 0 Å². The Labute approximate surface area is 107 Å². The van der Waals surface area contributed by atoms with Gasteiger partial charge < -0.3 is 10.6 Å². The van der Waals surface area contributed by atoms with Gasteiger partial charge in [-0.3, -0.25) is 9.59 Å². The Morgan fingerprint density at radius 1 is 1.22 bits per heavy atom. The van der Waals surface area contributed by atoms with Gasteiger partial charge in [-0.05, 0) is 19.1 Å². The molecule has 0 aliphatic rings. The van der Waals surface area contributed by atoms with Crippen LogP contribution in [-0.2, 0) is 9.59 Å². The smallest absolute Gasteiger partial charge is 0.248 e. The van der Waals surface area contributed by atoms with Crippen LogP contribution in [0, 0.1) is 6.92 Å². The predicted molar refractivity (Wildman–Crippen MR) is 68.7 cm³/mol. The molecule has 2 N–H and O–H groups in total. The number of aryl methyl sites for hydroxylation is 1. The molecular formula is C12H20N4O2. The third-order valence-corrected chi connectivity index (χ3v) is 1.97. The molecule has 0 saturated heterocycles. The van der Waals surface area contributed by atoms with E-state index in [9.17, 15) is 9.59 Å². The van der Waals surface area contributed by atoms with Crippen LogP contribution in [0.1, 0.15) is 38.2 Å². The summed E-state index contributed by atoms with van der Waals surface area (Å²) in [6.07, 6.45) is 0. The lowest BCUT2D eigenvalue weighted by atomic mass is 10.1. The number of nitrogens with one attached hydrogen (secondary N) is 2. The minimum absolute atomic E-state index is 0.295. The first kappa shape index (κ1) is 16.0. The Bertz CT molecular complexity index is 390. The van der Waals surface area contributed by atoms with Crippen molar-refractivity contribution in [3.8, 4) is 0 Å². The standard InChI is InChI=1S/C10H14N4O2.C2H6/c1-6-4-5-8(14-13-6)9(10(16)11-3)12-7(2)15;1-2/h4-5,9H,1-3H3,(H,11,16)(H,12,15);1-2H3. The van der Waals surface area contributed by atoms with E-state index in [-0.39, 0.29) is 11.8 Å². The zero-order valence-electron chi connectivity index (χ0n) is 11.4. The molecule has 6 nitrogen and oxygen atoms in total. The van der Waals surface area contributed by atoms with E-state index in [1.807, 2.05) is 13.8 Å². The normalized spacial score (nSPS) is 10.7. The molecule has 2 amide bonds. The molecule has 0 spiro atoms. The highest BCUT2D eigenvalue weighted by Crippen LogP contribution is 2.09. The van der Waals surface area contributed by atoms with Crippen molar-refractivity contribution in [1.82, 2.24) is 20.8 Å². The van der Waals surface area contributed by atoms with Gasteiger partial charge in [-0.1, -0.05) is 13.8 Å². The molecule has 0 radical (unpaired) electrons. The average Bonchev–Trinajstić information content (AvgIpc) is 2.38. The molecule has 0 aromatic carbocycles. The second-order valence-electron chi connectivity index (χ2n) is 3.35. The minimum Gasteiger partial charge on any atom is -0.357 e. The first-order chi connectivity index (χ1) is 8.54. The number of hydrogen-bond donors (Lipinski definition) is 2. The zero-order valence-corrected chi connectivity index (χ0v) is 11.4. The van der Waals surface area contributed by atoms with Gasteiger partial charge in [-0.2, -0.15) is 10.2 Å².